The van der Waals surface area contributed by atoms with Gasteiger partial charge in [0.1, 0.15) is 0 Å². The molecule has 0 atom stereocenters. The standard InChI is InChI=1S/C9H13N5/c1-9(2,10-3)8-13-12-7-6-11-4-5-14(7)8/h4-6,10H,1-3H3. The van der Waals surface area contributed by atoms with Crippen molar-refractivity contribution >= 4 is 5.65 Å². The van der Waals surface area contributed by atoms with Crippen molar-refractivity contribution in [2.24, 2.45) is 0 Å². The molecule has 1 N–H and O–H groups in total. The fourth-order valence-corrected chi connectivity index (χ4v) is 1.29. The van der Waals surface area contributed by atoms with Gasteiger partial charge in [0.05, 0.1) is 11.7 Å². The minimum absolute atomic E-state index is 0.194. The molecule has 2 aromatic rings. The lowest BCUT2D eigenvalue weighted by Gasteiger charge is -2.21. The van der Waals surface area contributed by atoms with Crippen molar-refractivity contribution in [3.8, 4) is 0 Å². The number of fused-ring (bicyclic) bond motifs is 1. The third kappa shape index (κ3) is 1.26. The van der Waals surface area contributed by atoms with E-state index in [0.29, 0.717) is 0 Å². The Kier molecular flexibility index (Phi) is 1.96. The van der Waals surface area contributed by atoms with Crippen molar-refractivity contribution in [3.63, 3.8) is 0 Å². The highest BCUT2D eigenvalue weighted by molar-refractivity contribution is 5.35. The van der Waals surface area contributed by atoms with Crippen LogP contribution in [0.25, 0.3) is 5.65 Å². The number of rotatable bonds is 2. The maximum absolute atomic E-state index is 4.15. The summed E-state index contributed by atoms with van der Waals surface area (Å²) >= 11 is 0. The third-order valence-electron chi connectivity index (χ3n) is 2.40. The predicted molar refractivity (Wildman–Crippen MR) is 52.9 cm³/mol. The summed E-state index contributed by atoms with van der Waals surface area (Å²) in [5.74, 6) is 0.886. The van der Waals surface area contributed by atoms with Gasteiger partial charge >= 0.3 is 0 Å². The Labute approximate surface area is 82.2 Å². The summed E-state index contributed by atoms with van der Waals surface area (Å²) in [5.41, 5.74) is 0.576. The number of aromatic nitrogens is 4. The van der Waals surface area contributed by atoms with E-state index in [1.807, 2.05) is 17.6 Å². The van der Waals surface area contributed by atoms with E-state index in [1.54, 1.807) is 12.4 Å². The van der Waals surface area contributed by atoms with Crippen LogP contribution in [0.15, 0.2) is 18.6 Å². The molecular weight excluding hydrogens is 178 g/mol. The molecule has 0 spiro atoms. The molecule has 0 aliphatic carbocycles. The summed E-state index contributed by atoms with van der Waals surface area (Å²) in [6.07, 6.45) is 5.29. The van der Waals surface area contributed by atoms with Gasteiger partial charge in [-0.15, -0.1) is 10.2 Å². The molecule has 2 heterocycles. The Morgan fingerprint density at radius 3 is 2.86 bits per heavy atom. The Hall–Kier alpha value is -1.49. The monoisotopic (exact) mass is 191 g/mol. The van der Waals surface area contributed by atoms with Gasteiger partial charge in [-0.3, -0.25) is 9.38 Å². The molecule has 0 fully saturated rings. The van der Waals surface area contributed by atoms with Crippen LogP contribution in [0.1, 0.15) is 19.7 Å². The minimum Gasteiger partial charge on any atom is -0.308 e. The highest BCUT2D eigenvalue weighted by Gasteiger charge is 2.23. The van der Waals surface area contributed by atoms with E-state index in [9.17, 15) is 0 Å². The fraction of sp³-hybridized carbons (Fsp3) is 0.444. The zero-order chi connectivity index (χ0) is 10.2. The van der Waals surface area contributed by atoms with Crippen LogP contribution in [0.2, 0.25) is 0 Å². The van der Waals surface area contributed by atoms with Crippen LogP contribution in [-0.2, 0) is 5.54 Å². The highest BCUT2D eigenvalue weighted by Crippen LogP contribution is 2.17. The van der Waals surface area contributed by atoms with Gasteiger partial charge in [-0.2, -0.15) is 0 Å². The molecule has 0 saturated carbocycles. The first-order valence-electron chi connectivity index (χ1n) is 4.49. The molecule has 14 heavy (non-hydrogen) atoms. The summed E-state index contributed by atoms with van der Waals surface area (Å²) in [4.78, 5) is 3.99. The van der Waals surface area contributed by atoms with E-state index >= 15 is 0 Å². The van der Waals surface area contributed by atoms with Crippen LogP contribution < -0.4 is 5.32 Å². The quantitative estimate of drug-likeness (QED) is 0.754. The number of hydrogen-bond acceptors (Lipinski definition) is 4. The molecule has 0 radical (unpaired) electrons. The van der Waals surface area contributed by atoms with Crippen LogP contribution in [-0.4, -0.2) is 26.6 Å². The molecule has 2 aromatic heterocycles. The molecule has 74 valence electrons. The largest absolute Gasteiger partial charge is 0.308 e. The van der Waals surface area contributed by atoms with Gasteiger partial charge in [0.25, 0.3) is 0 Å². The average molecular weight is 191 g/mol. The van der Waals surface area contributed by atoms with Crippen molar-refractivity contribution in [1.29, 1.82) is 0 Å². The zero-order valence-corrected chi connectivity index (χ0v) is 8.52. The molecular formula is C9H13N5. The first-order chi connectivity index (χ1) is 6.65. The van der Waals surface area contributed by atoms with E-state index in [2.05, 4.69) is 34.3 Å². The smallest absolute Gasteiger partial charge is 0.179 e. The highest BCUT2D eigenvalue weighted by atomic mass is 15.3. The SMILES string of the molecule is CNC(C)(C)c1nnc2cnccn12. The fourth-order valence-electron chi connectivity index (χ4n) is 1.29. The van der Waals surface area contributed by atoms with E-state index in [0.717, 1.165) is 11.5 Å². The number of hydrogen-bond donors (Lipinski definition) is 1. The Morgan fingerprint density at radius 2 is 2.14 bits per heavy atom. The Balaban J connectivity index is 2.64. The predicted octanol–water partition coefficient (Wildman–Crippen LogP) is 0.579. The van der Waals surface area contributed by atoms with E-state index in [1.165, 1.54) is 0 Å². The van der Waals surface area contributed by atoms with Crippen molar-refractivity contribution < 1.29 is 0 Å². The molecule has 5 heteroatoms. The van der Waals surface area contributed by atoms with Gasteiger partial charge in [-0.1, -0.05) is 0 Å². The van der Waals surface area contributed by atoms with E-state index in [-0.39, 0.29) is 5.54 Å². The third-order valence-corrected chi connectivity index (χ3v) is 2.40. The van der Waals surface area contributed by atoms with Gasteiger partial charge in [-0.05, 0) is 20.9 Å². The van der Waals surface area contributed by atoms with Crippen LogP contribution >= 0.6 is 0 Å². The molecule has 5 nitrogen and oxygen atoms in total. The van der Waals surface area contributed by atoms with E-state index in [4.69, 9.17) is 0 Å². The van der Waals surface area contributed by atoms with Gasteiger partial charge in [0, 0.05) is 12.4 Å². The topological polar surface area (TPSA) is 55.1 Å². The molecule has 0 bridgehead atoms. The second kappa shape index (κ2) is 3.02. The normalized spacial score (nSPS) is 12.2. The molecule has 0 unspecified atom stereocenters. The minimum atomic E-state index is -0.194. The average Bonchev–Trinajstić information content (AvgIpc) is 2.61. The summed E-state index contributed by atoms with van der Waals surface area (Å²) in [6.45, 7) is 4.12. The molecule has 2 rings (SSSR count). The van der Waals surface area contributed by atoms with Crippen molar-refractivity contribution in [2.45, 2.75) is 19.4 Å². The van der Waals surface area contributed by atoms with Crippen LogP contribution in [0.5, 0.6) is 0 Å². The van der Waals surface area contributed by atoms with Crippen molar-refractivity contribution in [2.75, 3.05) is 7.05 Å². The first-order valence-corrected chi connectivity index (χ1v) is 4.49. The lowest BCUT2D eigenvalue weighted by Crippen LogP contribution is -2.35. The number of nitrogens with one attached hydrogen (secondary N) is 1. The van der Waals surface area contributed by atoms with Crippen molar-refractivity contribution in [1.82, 2.24) is 24.9 Å². The van der Waals surface area contributed by atoms with Gasteiger partial charge < -0.3 is 5.32 Å². The molecule has 0 aliphatic heterocycles. The van der Waals surface area contributed by atoms with Gasteiger partial charge in [0.2, 0.25) is 0 Å². The molecule has 0 aromatic carbocycles. The second-order valence-corrected chi connectivity index (χ2v) is 3.70. The lowest BCUT2D eigenvalue weighted by molar-refractivity contribution is 0.413. The number of nitrogens with zero attached hydrogens (tertiary/aromatic N) is 4. The first kappa shape index (κ1) is 9.08. The summed E-state index contributed by atoms with van der Waals surface area (Å²) in [7, 11) is 1.91. The van der Waals surface area contributed by atoms with Crippen LogP contribution in [0, 0.1) is 0 Å². The van der Waals surface area contributed by atoms with Crippen molar-refractivity contribution in [3.05, 3.63) is 24.4 Å². The summed E-state index contributed by atoms with van der Waals surface area (Å²) in [6, 6.07) is 0. The molecule has 0 saturated heterocycles. The Bertz CT molecular complexity index is 445. The van der Waals surface area contributed by atoms with Crippen LogP contribution in [0.3, 0.4) is 0 Å². The summed E-state index contributed by atoms with van der Waals surface area (Å²) < 4.78 is 1.93. The molecule has 0 aliphatic rings. The second-order valence-electron chi connectivity index (χ2n) is 3.70. The zero-order valence-electron chi connectivity index (χ0n) is 8.52. The van der Waals surface area contributed by atoms with Gasteiger partial charge in [0.15, 0.2) is 11.5 Å². The lowest BCUT2D eigenvalue weighted by atomic mass is 10.1. The summed E-state index contributed by atoms with van der Waals surface area (Å²) in [5, 5.41) is 11.4. The molecule has 0 amide bonds. The maximum atomic E-state index is 4.15. The van der Waals surface area contributed by atoms with E-state index < -0.39 is 0 Å². The van der Waals surface area contributed by atoms with Gasteiger partial charge in [-0.25, -0.2) is 0 Å². The Morgan fingerprint density at radius 1 is 1.36 bits per heavy atom. The van der Waals surface area contributed by atoms with Crippen LogP contribution in [0.4, 0.5) is 0 Å². The maximum Gasteiger partial charge on any atom is 0.179 e.